The lowest BCUT2D eigenvalue weighted by molar-refractivity contribution is 0.102. The molecule has 0 spiro atoms. The highest BCUT2D eigenvalue weighted by molar-refractivity contribution is 7.92. The molecule has 4 aromatic carbocycles. The van der Waals surface area contributed by atoms with Crippen LogP contribution in [-0.4, -0.2) is 14.3 Å². The van der Waals surface area contributed by atoms with Gasteiger partial charge in [0.2, 0.25) is 0 Å². The van der Waals surface area contributed by atoms with E-state index in [4.69, 9.17) is 11.6 Å². The first-order chi connectivity index (χ1) is 18.4. The maximum Gasteiger partial charge on any atom is 0.261 e. The number of unbranched alkanes of at least 4 members (excludes halogenated alkanes) is 5. The molecule has 198 valence electrons. The molecular formula is C31H33ClN2O3S. The van der Waals surface area contributed by atoms with Crippen molar-refractivity contribution in [1.82, 2.24) is 0 Å². The number of aryl methyl sites for hydroxylation is 1. The smallest absolute Gasteiger partial charge is 0.261 e. The fourth-order valence-electron chi connectivity index (χ4n) is 4.39. The van der Waals surface area contributed by atoms with Crippen LogP contribution in [0.15, 0.2) is 89.8 Å². The number of nitrogens with one attached hydrogen (secondary N) is 2. The van der Waals surface area contributed by atoms with Gasteiger partial charge in [-0.05, 0) is 71.6 Å². The van der Waals surface area contributed by atoms with Gasteiger partial charge in [-0.3, -0.25) is 9.52 Å². The van der Waals surface area contributed by atoms with Crippen LogP contribution in [0.1, 0.15) is 61.4 Å². The van der Waals surface area contributed by atoms with Gasteiger partial charge in [-0.1, -0.05) is 93.1 Å². The minimum atomic E-state index is -3.94. The lowest BCUT2D eigenvalue weighted by Gasteiger charge is -2.14. The van der Waals surface area contributed by atoms with E-state index in [1.54, 1.807) is 24.3 Å². The zero-order valence-electron chi connectivity index (χ0n) is 21.5. The number of rotatable bonds is 12. The van der Waals surface area contributed by atoms with Gasteiger partial charge < -0.3 is 5.32 Å². The van der Waals surface area contributed by atoms with Crippen LogP contribution in [0.25, 0.3) is 10.8 Å². The second-order valence-corrected chi connectivity index (χ2v) is 11.6. The molecule has 0 saturated heterocycles. The van der Waals surface area contributed by atoms with Crippen molar-refractivity contribution in [2.24, 2.45) is 0 Å². The Morgan fingerprint density at radius 3 is 2.26 bits per heavy atom. The fourth-order valence-corrected chi connectivity index (χ4v) is 5.68. The quantitative estimate of drug-likeness (QED) is 0.174. The van der Waals surface area contributed by atoms with E-state index in [2.05, 4.69) is 17.0 Å². The Morgan fingerprint density at radius 2 is 1.50 bits per heavy atom. The van der Waals surface area contributed by atoms with Crippen LogP contribution < -0.4 is 10.0 Å². The minimum Gasteiger partial charge on any atom is -0.322 e. The average molecular weight is 549 g/mol. The molecule has 0 fully saturated rings. The van der Waals surface area contributed by atoms with Crippen molar-refractivity contribution in [3.05, 3.63) is 101 Å². The molecular weight excluding hydrogens is 516 g/mol. The molecule has 2 N–H and O–H groups in total. The molecule has 0 aliphatic heterocycles. The van der Waals surface area contributed by atoms with Gasteiger partial charge >= 0.3 is 0 Å². The van der Waals surface area contributed by atoms with Crippen molar-refractivity contribution in [2.45, 2.75) is 56.8 Å². The molecule has 0 bridgehead atoms. The summed E-state index contributed by atoms with van der Waals surface area (Å²) in [5.74, 6) is -0.451. The summed E-state index contributed by atoms with van der Waals surface area (Å²) in [7, 11) is -3.94. The third kappa shape index (κ3) is 7.36. The molecule has 5 nitrogen and oxygen atoms in total. The molecule has 4 aromatic rings. The number of amides is 1. The normalized spacial score (nSPS) is 11.4. The van der Waals surface area contributed by atoms with E-state index in [-0.39, 0.29) is 16.1 Å². The van der Waals surface area contributed by atoms with Crippen LogP contribution in [0, 0.1) is 0 Å². The van der Waals surface area contributed by atoms with Crippen molar-refractivity contribution in [3.8, 4) is 0 Å². The maximum atomic E-state index is 13.2. The Kier molecular flexibility index (Phi) is 9.43. The topological polar surface area (TPSA) is 75.3 Å². The van der Waals surface area contributed by atoms with Crippen LogP contribution in [-0.2, 0) is 16.4 Å². The van der Waals surface area contributed by atoms with Crippen molar-refractivity contribution >= 4 is 49.7 Å². The van der Waals surface area contributed by atoms with Crippen LogP contribution >= 0.6 is 11.6 Å². The third-order valence-corrected chi connectivity index (χ3v) is 8.13. The second-order valence-electron chi connectivity index (χ2n) is 9.47. The van der Waals surface area contributed by atoms with Crippen LogP contribution in [0.4, 0.5) is 11.4 Å². The fraction of sp³-hybridized carbons (Fsp3) is 0.258. The summed E-state index contributed by atoms with van der Waals surface area (Å²) < 4.78 is 28.9. The van der Waals surface area contributed by atoms with Gasteiger partial charge in [0.05, 0.1) is 16.1 Å². The molecule has 0 unspecified atom stereocenters. The molecule has 0 aromatic heterocycles. The largest absolute Gasteiger partial charge is 0.322 e. The van der Waals surface area contributed by atoms with Crippen LogP contribution in [0.2, 0.25) is 5.02 Å². The highest BCUT2D eigenvalue weighted by atomic mass is 35.5. The number of halogens is 1. The van der Waals surface area contributed by atoms with Gasteiger partial charge in [-0.25, -0.2) is 8.42 Å². The molecule has 4 rings (SSSR count). The number of benzene rings is 4. The van der Waals surface area contributed by atoms with Crippen LogP contribution in [0.3, 0.4) is 0 Å². The number of carbonyl (C=O) groups is 1. The number of carbonyl (C=O) groups excluding carboxylic acids is 1. The number of anilines is 2. The van der Waals surface area contributed by atoms with Gasteiger partial charge in [-0.15, -0.1) is 0 Å². The molecule has 0 aliphatic rings. The van der Waals surface area contributed by atoms with E-state index in [0.717, 1.165) is 23.6 Å². The van der Waals surface area contributed by atoms with Crippen LogP contribution in [0.5, 0.6) is 0 Å². The molecule has 38 heavy (non-hydrogen) atoms. The second kappa shape index (κ2) is 12.9. The summed E-state index contributed by atoms with van der Waals surface area (Å²) in [6.07, 6.45) is 8.51. The van der Waals surface area contributed by atoms with Gasteiger partial charge in [-0.2, -0.15) is 0 Å². The zero-order valence-corrected chi connectivity index (χ0v) is 23.1. The van der Waals surface area contributed by atoms with Gasteiger partial charge in [0.25, 0.3) is 15.9 Å². The van der Waals surface area contributed by atoms with Crippen molar-refractivity contribution in [2.75, 3.05) is 10.0 Å². The monoisotopic (exact) mass is 548 g/mol. The molecule has 0 aliphatic carbocycles. The molecule has 1 amide bonds. The van der Waals surface area contributed by atoms with E-state index < -0.39 is 15.9 Å². The number of hydrogen-bond acceptors (Lipinski definition) is 3. The average Bonchev–Trinajstić information content (AvgIpc) is 2.92. The predicted octanol–water partition coefficient (Wildman–Crippen LogP) is 8.45. The minimum absolute atomic E-state index is 0.110. The lowest BCUT2D eigenvalue weighted by Crippen LogP contribution is -2.18. The van der Waals surface area contributed by atoms with E-state index in [1.165, 1.54) is 49.8 Å². The van der Waals surface area contributed by atoms with Crippen molar-refractivity contribution in [3.63, 3.8) is 0 Å². The van der Waals surface area contributed by atoms with Crippen molar-refractivity contribution < 1.29 is 13.2 Å². The molecule has 0 radical (unpaired) electrons. The predicted molar refractivity (Wildman–Crippen MR) is 158 cm³/mol. The Labute approximate surface area is 230 Å². The van der Waals surface area contributed by atoms with Crippen molar-refractivity contribution in [1.29, 1.82) is 0 Å². The Balaban J connectivity index is 1.44. The first-order valence-corrected chi connectivity index (χ1v) is 14.9. The zero-order chi connectivity index (χ0) is 27.0. The molecule has 0 saturated carbocycles. The van der Waals surface area contributed by atoms with E-state index >= 15 is 0 Å². The standard InChI is InChI=1S/C31H33ClN2O3S/c1-2-3-4-5-6-7-10-23-13-17-27(18-14-23)33-31(35)29-22-26(32)16-20-30(29)34-38(36,37)28-19-15-24-11-8-9-12-25(24)21-28/h8-9,11-22,34H,2-7,10H2,1H3,(H,33,35). The van der Waals surface area contributed by atoms with E-state index in [9.17, 15) is 13.2 Å². The lowest BCUT2D eigenvalue weighted by atomic mass is 10.0. The molecule has 7 heteroatoms. The Bertz CT molecular complexity index is 1500. The Morgan fingerprint density at radius 1 is 0.789 bits per heavy atom. The Hall–Kier alpha value is -3.35. The summed E-state index contributed by atoms with van der Waals surface area (Å²) in [4.78, 5) is 13.3. The van der Waals surface area contributed by atoms with Gasteiger partial charge in [0.1, 0.15) is 0 Å². The number of hydrogen-bond donors (Lipinski definition) is 2. The van der Waals surface area contributed by atoms with E-state index in [1.807, 2.05) is 48.5 Å². The number of fused-ring (bicyclic) bond motifs is 1. The molecule has 0 atom stereocenters. The van der Waals surface area contributed by atoms with Gasteiger partial charge in [0.15, 0.2) is 0 Å². The SMILES string of the molecule is CCCCCCCCc1ccc(NC(=O)c2cc(Cl)ccc2NS(=O)(=O)c2ccc3ccccc3c2)cc1. The summed E-state index contributed by atoms with van der Waals surface area (Å²) in [5.41, 5.74) is 2.15. The highest BCUT2D eigenvalue weighted by Crippen LogP contribution is 2.26. The summed E-state index contributed by atoms with van der Waals surface area (Å²) in [6, 6.07) is 24.7. The van der Waals surface area contributed by atoms with Gasteiger partial charge in [0, 0.05) is 10.7 Å². The third-order valence-electron chi connectivity index (χ3n) is 6.53. The maximum absolute atomic E-state index is 13.2. The summed E-state index contributed by atoms with van der Waals surface area (Å²) >= 11 is 6.17. The highest BCUT2D eigenvalue weighted by Gasteiger charge is 2.20. The first kappa shape index (κ1) is 27.7. The summed E-state index contributed by atoms with van der Waals surface area (Å²) in [6.45, 7) is 2.22. The first-order valence-electron chi connectivity index (χ1n) is 13.1. The molecule has 0 heterocycles. The van der Waals surface area contributed by atoms with E-state index in [0.29, 0.717) is 10.7 Å². The summed E-state index contributed by atoms with van der Waals surface area (Å²) in [5, 5.41) is 4.94. The number of sulfonamides is 1.